The zero-order valence-corrected chi connectivity index (χ0v) is 16.1. The maximum Gasteiger partial charge on any atom is 0.338 e. The highest BCUT2D eigenvalue weighted by Crippen LogP contribution is 2.15. The van der Waals surface area contributed by atoms with Crippen molar-refractivity contribution >= 4 is 27.6 Å². The maximum absolute atomic E-state index is 12.4. The molecule has 1 amide bonds. The molecule has 7 nitrogen and oxygen atoms in total. The van der Waals surface area contributed by atoms with Gasteiger partial charge in [-0.3, -0.25) is 4.79 Å². The van der Waals surface area contributed by atoms with Crippen LogP contribution in [0.5, 0.6) is 0 Å². The molecule has 0 bridgehead atoms. The zero-order valence-electron chi connectivity index (χ0n) is 15.3. The standard InChI is InChI=1S/C20H20N2O5S/c1-3-12-21-28(25,26)18-7-5-6-16(14-18)19(23)22-17-10-8-15(9-11-17)20(24)27-13-4-2/h1,5-11,14,21H,4,12-13H2,2H3,(H,22,23). The number of esters is 1. The molecule has 0 aromatic heterocycles. The first-order chi connectivity index (χ1) is 13.4. The molecule has 0 saturated heterocycles. The fourth-order valence-electron chi connectivity index (χ4n) is 2.20. The average Bonchev–Trinajstić information content (AvgIpc) is 2.71. The largest absolute Gasteiger partial charge is 0.462 e. The summed E-state index contributed by atoms with van der Waals surface area (Å²) in [6.07, 6.45) is 5.79. The first kappa shape index (κ1) is 21.2. The predicted octanol–water partition coefficient (Wildman–Crippen LogP) is 2.42. The summed E-state index contributed by atoms with van der Waals surface area (Å²) >= 11 is 0. The molecule has 2 rings (SSSR count). The molecule has 2 aromatic rings. The summed E-state index contributed by atoms with van der Waals surface area (Å²) in [5.74, 6) is 1.26. The summed E-state index contributed by atoms with van der Waals surface area (Å²) in [4.78, 5) is 24.1. The number of terminal acetylenes is 1. The minimum Gasteiger partial charge on any atom is -0.462 e. The third-order valence-electron chi connectivity index (χ3n) is 3.59. The van der Waals surface area contributed by atoms with E-state index in [1.165, 1.54) is 36.4 Å². The highest BCUT2D eigenvalue weighted by Gasteiger charge is 2.16. The van der Waals surface area contributed by atoms with Crippen LogP contribution in [0.15, 0.2) is 53.4 Å². The lowest BCUT2D eigenvalue weighted by molar-refractivity contribution is 0.0505. The molecule has 8 heteroatoms. The Kier molecular flexibility index (Phi) is 7.32. The number of amides is 1. The number of hydrogen-bond acceptors (Lipinski definition) is 5. The van der Waals surface area contributed by atoms with Gasteiger partial charge in [0, 0.05) is 11.3 Å². The second-order valence-corrected chi connectivity index (χ2v) is 7.49. The summed E-state index contributed by atoms with van der Waals surface area (Å²) in [6.45, 7) is 2.09. The number of hydrogen-bond donors (Lipinski definition) is 2. The van der Waals surface area contributed by atoms with Crippen molar-refractivity contribution in [2.75, 3.05) is 18.5 Å². The molecule has 0 aliphatic rings. The van der Waals surface area contributed by atoms with Crippen molar-refractivity contribution in [3.05, 3.63) is 59.7 Å². The molecule has 0 radical (unpaired) electrons. The van der Waals surface area contributed by atoms with E-state index in [-0.39, 0.29) is 17.0 Å². The molecule has 0 saturated carbocycles. The number of rotatable bonds is 8. The number of nitrogens with one attached hydrogen (secondary N) is 2. The van der Waals surface area contributed by atoms with Gasteiger partial charge < -0.3 is 10.1 Å². The molecular weight excluding hydrogens is 380 g/mol. The first-order valence-corrected chi connectivity index (χ1v) is 9.97. The van der Waals surface area contributed by atoms with E-state index in [1.54, 1.807) is 12.1 Å². The van der Waals surface area contributed by atoms with E-state index >= 15 is 0 Å². The topological polar surface area (TPSA) is 102 Å². The van der Waals surface area contributed by atoms with Gasteiger partial charge >= 0.3 is 5.97 Å². The third kappa shape index (κ3) is 5.67. The molecule has 0 spiro atoms. The van der Waals surface area contributed by atoms with Crippen LogP contribution in [0.4, 0.5) is 5.69 Å². The number of sulfonamides is 1. The van der Waals surface area contributed by atoms with Crippen LogP contribution < -0.4 is 10.0 Å². The Labute approximate surface area is 164 Å². The van der Waals surface area contributed by atoms with Gasteiger partial charge in [-0.25, -0.2) is 13.2 Å². The van der Waals surface area contributed by atoms with Crippen LogP contribution in [-0.2, 0) is 14.8 Å². The maximum atomic E-state index is 12.4. The lowest BCUT2D eigenvalue weighted by Gasteiger charge is -2.09. The number of carbonyl (C=O) groups is 2. The van der Waals surface area contributed by atoms with Crippen molar-refractivity contribution < 1.29 is 22.7 Å². The highest BCUT2D eigenvalue weighted by molar-refractivity contribution is 7.89. The fraction of sp³-hybridized carbons (Fsp3) is 0.200. The fourth-order valence-corrected chi connectivity index (χ4v) is 3.18. The highest BCUT2D eigenvalue weighted by atomic mass is 32.2. The minimum absolute atomic E-state index is 0.0654. The summed E-state index contributed by atoms with van der Waals surface area (Å²) in [5, 5.41) is 2.65. The average molecular weight is 400 g/mol. The number of ether oxygens (including phenoxy) is 1. The molecule has 0 heterocycles. The normalized spacial score (nSPS) is 10.7. The van der Waals surface area contributed by atoms with E-state index in [0.29, 0.717) is 17.9 Å². The predicted molar refractivity (Wildman–Crippen MR) is 105 cm³/mol. The van der Waals surface area contributed by atoms with Gasteiger partial charge in [-0.1, -0.05) is 18.9 Å². The van der Waals surface area contributed by atoms with Crippen LogP contribution in [0.1, 0.15) is 34.1 Å². The summed E-state index contributed by atoms with van der Waals surface area (Å²) < 4.78 is 31.5. The van der Waals surface area contributed by atoms with Crippen LogP contribution in [0, 0.1) is 12.3 Å². The molecule has 2 N–H and O–H groups in total. The molecular formula is C20H20N2O5S. The smallest absolute Gasteiger partial charge is 0.338 e. The molecule has 0 unspecified atom stereocenters. The van der Waals surface area contributed by atoms with E-state index in [4.69, 9.17) is 11.2 Å². The van der Waals surface area contributed by atoms with Gasteiger partial charge in [0.2, 0.25) is 10.0 Å². The summed E-state index contributed by atoms with van der Waals surface area (Å²) in [7, 11) is -3.80. The Bertz CT molecular complexity index is 992. The van der Waals surface area contributed by atoms with Crippen molar-refractivity contribution in [3.8, 4) is 12.3 Å². The SMILES string of the molecule is C#CCNS(=O)(=O)c1cccc(C(=O)Nc2ccc(C(=O)OCCC)cc2)c1. The zero-order chi connectivity index (χ0) is 20.6. The molecule has 146 valence electrons. The van der Waals surface area contributed by atoms with E-state index in [9.17, 15) is 18.0 Å². The van der Waals surface area contributed by atoms with Crippen LogP contribution in [0.3, 0.4) is 0 Å². The van der Waals surface area contributed by atoms with Crippen molar-refractivity contribution in [1.29, 1.82) is 0 Å². The quantitative estimate of drug-likeness (QED) is 0.523. The Hall–Kier alpha value is -3.15. The molecule has 2 aromatic carbocycles. The lowest BCUT2D eigenvalue weighted by atomic mass is 10.2. The Morgan fingerprint density at radius 3 is 2.46 bits per heavy atom. The number of benzene rings is 2. The van der Waals surface area contributed by atoms with Crippen LogP contribution in [-0.4, -0.2) is 33.4 Å². The van der Waals surface area contributed by atoms with E-state index in [2.05, 4.69) is 16.0 Å². The van der Waals surface area contributed by atoms with Crippen molar-refractivity contribution in [3.63, 3.8) is 0 Å². The third-order valence-corrected chi connectivity index (χ3v) is 4.99. The molecule has 0 atom stereocenters. The second-order valence-electron chi connectivity index (χ2n) is 5.72. The first-order valence-electron chi connectivity index (χ1n) is 8.49. The van der Waals surface area contributed by atoms with Gasteiger partial charge in [0.15, 0.2) is 0 Å². The Balaban J connectivity index is 2.10. The van der Waals surface area contributed by atoms with Crippen molar-refractivity contribution in [1.82, 2.24) is 4.72 Å². The van der Waals surface area contributed by atoms with Crippen LogP contribution in [0.2, 0.25) is 0 Å². The van der Waals surface area contributed by atoms with Crippen molar-refractivity contribution in [2.24, 2.45) is 0 Å². The van der Waals surface area contributed by atoms with Gasteiger partial charge in [-0.2, -0.15) is 4.72 Å². The Morgan fingerprint density at radius 2 is 1.82 bits per heavy atom. The lowest BCUT2D eigenvalue weighted by Crippen LogP contribution is -2.24. The second kappa shape index (κ2) is 9.69. The van der Waals surface area contributed by atoms with Gasteiger partial charge in [0.25, 0.3) is 5.91 Å². The van der Waals surface area contributed by atoms with Gasteiger partial charge in [-0.15, -0.1) is 6.42 Å². The van der Waals surface area contributed by atoms with Gasteiger partial charge in [-0.05, 0) is 48.9 Å². The molecule has 0 aliphatic carbocycles. The van der Waals surface area contributed by atoms with Crippen LogP contribution in [0.25, 0.3) is 0 Å². The van der Waals surface area contributed by atoms with E-state index in [0.717, 1.165) is 6.42 Å². The summed E-state index contributed by atoms with van der Waals surface area (Å²) in [5.41, 5.74) is 0.991. The van der Waals surface area contributed by atoms with E-state index < -0.39 is 21.9 Å². The van der Waals surface area contributed by atoms with E-state index in [1.807, 2.05) is 6.92 Å². The van der Waals surface area contributed by atoms with Gasteiger partial charge in [0.05, 0.1) is 23.6 Å². The molecule has 28 heavy (non-hydrogen) atoms. The minimum atomic E-state index is -3.80. The number of carbonyl (C=O) groups excluding carboxylic acids is 2. The van der Waals surface area contributed by atoms with Crippen LogP contribution >= 0.6 is 0 Å². The molecule has 0 aliphatic heterocycles. The summed E-state index contributed by atoms with van der Waals surface area (Å²) in [6, 6.07) is 11.8. The molecule has 0 fully saturated rings. The number of anilines is 1. The van der Waals surface area contributed by atoms with Gasteiger partial charge in [0.1, 0.15) is 0 Å². The van der Waals surface area contributed by atoms with Crippen molar-refractivity contribution in [2.45, 2.75) is 18.2 Å². The monoisotopic (exact) mass is 400 g/mol. The Morgan fingerprint density at radius 1 is 1.11 bits per heavy atom.